The van der Waals surface area contributed by atoms with Crippen LogP contribution in [0.4, 0.5) is 5.69 Å². The predicted octanol–water partition coefficient (Wildman–Crippen LogP) is 6.87. The fraction of sp³-hybridized carbons (Fsp3) is 0. The summed E-state index contributed by atoms with van der Waals surface area (Å²) in [6, 6.07) is 32.2. The molecule has 0 unspecified atom stereocenters. The van der Waals surface area contributed by atoms with Crippen LogP contribution in [-0.4, -0.2) is 4.57 Å². The Balaban J connectivity index is 2.05. The molecule has 0 fully saturated rings. The van der Waals surface area contributed by atoms with Crippen LogP contribution in [0.5, 0.6) is 0 Å². The summed E-state index contributed by atoms with van der Waals surface area (Å²) in [5.41, 5.74) is 5.76. The molecule has 0 bridgehead atoms. The van der Waals surface area contributed by atoms with Crippen molar-refractivity contribution < 1.29 is 0 Å². The first-order chi connectivity index (χ1) is 14.3. The van der Waals surface area contributed by atoms with Gasteiger partial charge in [-0.05, 0) is 17.7 Å². The summed E-state index contributed by atoms with van der Waals surface area (Å²) >= 11 is 0. The minimum Gasteiger partial charge on any atom is -0.317 e. The Morgan fingerprint density at radius 2 is 1.48 bits per heavy atom. The van der Waals surface area contributed by atoms with Gasteiger partial charge in [0.2, 0.25) is 5.69 Å². The summed E-state index contributed by atoms with van der Waals surface area (Å²) in [6.45, 7) is 7.69. The number of benzene rings is 4. The lowest BCUT2D eigenvalue weighted by atomic mass is 10.0. The number of aromatic nitrogens is 1. The summed E-state index contributed by atoms with van der Waals surface area (Å²) in [6.07, 6.45) is 0. The van der Waals surface area contributed by atoms with Gasteiger partial charge in [0.25, 0.3) is 0 Å². The molecule has 0 aliphatic carbocycles. The van der Waals surface area contributed by atoms with Crippen LogP contribution in [0.1, 0.15) is 5.56 Å². The Morgan fingerprint density at radius 3 is 2.28 bits per heavy atom. The molecule has 5 rings (SSSR count). The normalized spacial score (nSPS) is 10.7. The van der Waals surface area contributed by atoms with Gasteiger partial charge >= 0.3 is 0 Å². The van der Waals surface area contributed by atoms with Gasteiger partial charge in [-0.2, -0.15) is 5.26 Å². The highest BCUT2D eigenvalue weighted by Gasteiger charge is 2.20. The van der Waals surface area contributed by atoms with E-state index in [2.05, 4.69) is 51.9 Å². The van der Waals surface area contributed by atoms with E-state index < -0.39 is 0 Å². The lowest BCUT2D eigenvalue weighted by Gasteiger charge is -2.14. The molecule has 0 amide bonds. The third-order valence-corrected chi connectivity index (χ3v) is 5.26. The third-order valence-electron chi connectivity index (χ3n) is 5.26. The minimum absolute atomic E-state index is 0.467. The van der Waals surface area contributed by atoms with Crippen molar-refractivity contribution in [2.24, 2.45) is 0 Å². The second kappa shape index (κ2) is 6.68. The topological polar surface area (TPSA) is 33.1 Å². The van der Waals surface area contributed by atoms with Crippen molar-refractivity contribution in [1.82, 2.24) is 4.57 Å². The van der Waals surface area contributed by atoms with Crippen LogP contribution in [0.15, 0.2) is 91.0 Å². The highest BCUT2D eigenvalue weighted by molar-refractivity contribution is 6.14. The van der Waals surface area contributed by atoms with Crippen LogP contribution < -0.4 is 0 Å². The largest absolute Gasteiger partial charge is 0.317 e. The van der Waals surface area contributed by atoms with Crippen LogP contribution >= 0.6 is 0 Å². The predicted molar refractivity (Wildman–Crippen MR) is 117 cm³/mol. The first-order valence-corrected chi connectivity index (χ1v) is 9.32. The first-order valence-electron chi connectivity index (χ1n) is 9.32. The average molecular weight is 369 g/mol. The maximum atomic E-state index is 9.80. The molecule has 0 atom stereocenters. The van der Waals surface area contributed by atoms with Crippen molar-refractivity contribution in [2.75, 3.05) is 0 Å². The van der Waals surface area contributed by atoms with E-state index in [1.165, 1.54) is 0 Å². The molecule has 1 aromatic heterocycles. The Morgan fingerprint density at radius 1 is 0.759 bits per heavy atom. The second-order valence-corrected chi connectivity index (χ2v) is 6.82. The Bertz CT molecular complexity index is 1430. The molecule has 1 heterocycles. The molecule has 0 saturated carbocycles. The summed E-state index contributed by atoms with van der Waals surface area (Å²) in [7, 11) is 0. The molecule has 134 valence electrons. The van der Waals surface area contributed by atoms with Crippen LogP contribution in [0.2, 0.25) is 0 Å². The lowest BCUT2D eigenvalue weighted by molar-refractivity contribution is 1.17. The zero-order valence-corrected chi connectivity index (χ0v) is 15.5. The van der Waals surface area contributed by atoms with Crippen molar-refractivity contribution in [3.63, 3.8) is 0 Å². The molecule has 3 nitrogen and oxygen atoms in total. The highest BCUT2D eigenvalue weighted by Crippen LogP contribution is 2.40. The SMILES string of the molecule is [C-]#[N+]c1cccc(C#N)c1-n1c2ccccc2c2cccc(-c3ccccc3)c21. The zero-order chi connectivity index (χ0) is 19.8. The fourth-order valence-corrected chi connectivity index (χ4v) is 4.05. The van der Waals surface area contributed by atoms with Crippen molar-refractivity contribution in [2.45, 2.75) is 0 Å². The van der Waals surface area contributed by atoms with Gasteiger partial charge in [0.05, 0.1) is 34.9 Å². The van der Waals surface area contributed by atoms with Gasteiger partial charge in [-0.25, -0.2) is 4.85 Å². The van der Waals surface area contributed by atoms with Gasteiger partial charge < -0.3 is 4.57 Å². The maximum absolute atomic E-state index is 9.80. The zero-order valence-electron chi connectivity index (χ0n) is 15.5. The molecule has 0 aliphatic rings. The first kappa shape index (κ1) is 16.8. The van der Waals surface area contributed by atoms with Gasteiger partial charge in [-0.3, -0.25) is 0 Å². The van der Waals surface area contributed by atoms with Crippen LogP contribution in [-0.2, 0) is 0 Å². The van der Waals surface area contributed by atoms with Gasteiger partial charge in [0, 0.05) is 16.3 Å². The van der Waals surface area contributed by atoms with E-state index in [1.54, 1.807) is 18.2 Å². The molecule has 0 N–H and O–H groups in total. The van der Waals surface area contributed by atoms with Crippen molar-refractivity contribution in [1.29, 1.82) is 5.26 Å². The van der Waals surface area contributed by atoms with Gasteiger partial charge in [0.15, 0.2) is 0 Å². The minimum atomic E-state index is 0.467. The van der Waals surface area contributed by atoms with Crippen LogP contribution in [0.25, 0.3) is 43.5 Å². The summed E-state index contributed by atoms with van der Waals surface area (Å²) < 4.78 is 2.08. The van der Waals surface area contributed by atoms with Crippen molar-refractivity contribution in [3.05, 3.63) is 108 Å². The molecule has 0 spiro atoms. The number of hydrogen-bond acceptors (Lipinski definition) is 1. The summed E-state index contributed by atoms with van der Waals surface area (Å²) in [5.74, 6) is 0. The maximum Gasteiger partial charge on any atom is 0.211 e. The number of fused-ring (bicyclic) bond motifs is 3. The molecule has 4 aromatic carbocycles. The number of rotatable bonds is 2. The number of para-hydroxylation sites is 3. The summed E-state index contributed by atoms with van der Waals surface area (Å²) in [4.78, 5) is 3.73. The van der Waals surface area contributed by atoms with E-state index in [4.69, 9.17) is 6.57 Å². The molecular weight excluding hydrogens is 354 g/mol. The number of nitrogens with zero attached hydrogens (tertiary/aromatic N) is 3. The Hall–Kier alpha value is -4.34. The molecule has 0 radical (unpaired) electrons. The standard InChI is InChI=1S/C26H15N3/c1-28-23-15-7-11-19(17-27)25(23)29-24-16-6-5-12-21(24)22-14-8-13-20(26(22)29)18-9-3-2-4-10-18/h2-16H. The number of hydrogen-bond donors (Lipinski definition) is 0. The molecule has 0 aliphatic heterocycles. The van der Waals surface area contributed by atoms with Gasteiger partial charge in [-0.1, -0.05) is 78.9 Å². The lowest BCUT2D eigenvalue weighted by Crippen LogP contribution is -1.99. The monoisotopic (exact) mass is 369 g/mol. The highest BCUT2D eigenvalue weighted by atomic mass is 15.0. The van der Waals surface area contributed by atoms with E-state index in [-0.39, 0.29) is 0 Å². The Labute approximate surface area is 168 Å². The number of nitriles is 1. The van der Waals surface area contributed by atoms with E-state index in [0.29, 0.717) is 16.9 Å². The molecule has 3 heteroatoms. The third kappa shape index (κ3) is 2.50. The van der Waals surface area contributed by atoms with Crippen molar-refractivity contribution >= 4 is 27.5 Å². The Kier molecular flexibility index (Phi) is 3.87. The fourth-order valence-electron chi connectivity index (χ4n) is 4.05. The van der Waals surface area contributed by atoms with E-state index in [9.17, 15) is 5.26 Å². The van der Waals surface area contributed by atoms with Crippen LogP contribution in [0, 0.1) is 17.9 Å². The molecule has 0 saturated heterocycles. The molecular formula is C26H15N3. The second-order valence-electron chi connectivity index (χ2n) is 6.82. The molecule has 29 heavy (non-hydrogen) atoms. The molecule has 5 aromatic rings. The van der Waals surface area contributed by atoms with Crippen molar-refractivity contribution in [3.8, 4) is 22.9 Å². The van der Waals surface area contributed by atoms with E-state index >= 15 is 0 Å². The smallest absolute Gasteiger partial charge is 0.211 e. The van der Waals surface area contributed by atoms with Gasteiger partial charge in [0.1, 0.15) is 0 Å². The van der Waals surface area contributed by atoms with Gasteiger partial charge in [-0.15, -0.1) is 0 Å². The summed E-state index contributed by atoms with van der Waals surface area (Å²) in [5, 5.41) is 12.0. The quantitative estimate of drug-likeness (QED) is 0.312. The van der Waals surface area contributed by atoms with E-state index in [1.807, 2.05) is 36.4 Å². The average Bonchev–Trinajstić information content (AvgIpc) is 3.13. The van der Waals surface area contributed by atoms with E-state index in [0.717, 1.165) is 32.9 Å². The van der Waals surface area contributed by atoms with Crippen LogP contribution in [0.3, 0.4) is 0 Å².